The molecule has 14 heavy (non-hydrogen) atoms. The largest absolute Gasteiger partial charge is 0.352 e. The molecule has 0 aromatic carbocycles. The number of alkyl halides is 1. The standard InChI is InChI=1S/C10H19FN2O/c11-6-8-13-10(14)9-5-3-1-2-4-7-12-9/h9,12H,1-8H2,(H,13,14). The second-order valence-electron chi connectivity index (χ2n) is 3.69. The molecule has 0 aromatic heterocycles. The van der Waals surface area contributed by atoms with Crippen LogP contribution < -0.4 is 10.6 Å². The van der Waals surface area contributed by atoms with Crippen LogP contribution in [0.5, 0.6) is 0 Å². The molecule has 1 saturated heterocycles. The average molecular weight is 202 g/mol. The second kappa shape index (κ2) is 6.76. The molecule has 1 aliphatic heterocycles. The Morgan fingerprint density at radius 2 is 2.14 bits per heavy atom. The van der Waals surface area contributed by atoms with E-state index in [-0.39, 0.29) is 18.5 Å². The Hall–Kier alpha value is -0.640. The van der Waals surface area contributed by atoms with Gasteiger partial charge < -0.3 is 10.6 Å². The van der Waals surface area contributed by atoms with E-state index in [0.29, 0.717) is 0 Å². The third-order valence-electron chi connectivity index (χ3n) is 2.52. The van der Waals surface area contributed by atoms with Crippen LogP contribution in [0.15, 0.2) is 0 Å². The lowest BCUT2D eigenvalue weighted by Gasteiger charge is -2.20. The van der Waals surface area contributed by atoms with Crippen molar-refractivity contribution >= 4 is 5.91 Å². The van der Waals surface area contributed by atoms with Gasteiger partial charge in [-0.15, -0.1) is 0 Å². The van der Waals surface area contributed by atoms with Gasteiger partial charge in [-0.25, -0.2) is 4.39 Å². The Morgan fingerprint density at radius 1 is 1.36 bits per heavy atom. The normalized spacial score (nSPS) is 23.6. The molecule has 1 unspecified atom stereocenters. The fourth-order valence-corrected chi connectivity index (χ4v) is 1.72. The minimum absolute atomic E-state index is 0.0513. The summed E-state index contributed by atoms with van der Waals surface area (Å²) in [4.78, 5) is 11.5. The maximum Gasteiger partial charge on any atom is 0.237 e. The van der Waals surface area contributed by atoms with Crippen molar-refractivity contribution in [3.8, 4) is 0 Å². The smallest absolute Gasteiger partial charge is 0.237 e. The van der Waals surface area contributed by atoms with Gasteiger partial charge in [-0.2, -0.15) is 0 Å². The van der Waals surface area contributed by atoms with Gasteiger partial charge in [-0.3, -0.25) is 4.79 Å². The highest BCUT2D eigenvalue weighted by Crippen LogP contribution is 2.09. The Balaban J connectivity index is 2.27. The summed E-state index contributed by atoms with van der Waals surface area (Å²) in [6, 6.07) is -0.109. The zero-order chi connectivity index (χ0) is 10.2. The van der Waals surface area contributed by atoms with Gasteiger partial charge in [0.2, 0.25) is 5.91 Å². The summed E-state index contributed by atoms with van der Waals surface area (Å²) in [5.74, 6) is -0.0513. The highest BCUT2D eigenvalue weighted by atomic mass is 19.1. The molecule has 0 saturated carbocycles. The zero-order valence-electron chi connectivity index (χ0n) is 8.52. The predicted octanol–water partition coefficient (Wildman–Crippen LogP) is 0.994. The number of carbonyl (C=O) groups excluding carboxylic acids is 1. The lowest BCUT2D eigenvalue weighted by Crippen LogP contribution is -2.45. The summed E-state index contributed by atoms with van der Waals surface area (Å²) in [5.41, 5.74) is 0. The van der Waals surface area contributed by atoms with Gasteiger partial charge in [0.25, 0.3) is 0 Å². The van der Waals surface area contributed by atoms with Crippen LogP contribution in [-0.4, -0.2) is 31.7 Å². The first kappa shape index (κ1) is 11.4. The molecule has 0 spiro atoms. The van der Waals surface area contributed by atoms with Crippen molar-refractivity contribution in [3.63, 3.8) is 0 Å². The lowest BCUT2D eigenvalue weighted by molar-refractivity contribution is -0.123. The molecule has 82 valence electrons. The first-order chi connectivity index (χ1) is 6.84. The third kappa shape index (κ3) is 4.05. The SMILES string of the molecule is O=C(NCCF)C1CCCCCCN1. The van der Waals surface area contributed by atoms with Crippen molar-refractivity contribution in [1.29, 1.82) is 0 Å². The van der Waals surface area contributed by atoms with E-state index in [9.17, 15) is 9.18 Å². The van der Waals surface area contributed by atoms with E-state index in [1.807, 2.05) is 0 Å². The molecule has 0 aliphatic carbocycles. The number of hydrogen-bond acceptors (Lipinski definition) is 2. The van der Waals surface area contributed by atoms with Crippen LogP contribution in [-0.2, 0) is 4.79 Å². The van der Waals surface area contributed by atoms with E-state index < -0.39 is 6.67 Å². The average Bonchev–Trinajstić information content (AvgIpc) is 2.13. The van der Waals surface area contributed by atoms with Crippen LogP contribution in [0, 0.1) is 0 Å². The number of nitrogens with one attached hydrogen (secondary N) is 2. The molecule has 0 bridgehead atoms. The first-order valence-corrected chi connectivity index (χ1v) is 5.41. The summed E-state index contributed by atoms with van der Waals surface area (Å²) < 4.78 is 11.8. The molecule has 1 fully saturated rings. The van der Waals surface area contributed by atoms with Gasteiger partial charge in [-0.05, 0) is 19.4 Å². The van der Waals surface area contributed by atoms with Crippen LogP contribution in [0.4, 0.5) is 4.39 Å². The molecule has 0 aromatic rings. The molecule has 0 radical (unpaired) electrons. The van der Waals surface area contributed by atoms with E-state index in [1.165, 1.54) is 12.8 Å². The molecule has 1 amide bonds. The first-order valence-electron chi connectivity index (χ1n) is 5.41. The highest BCUT2D eigenvalue weighted by molar-refractivity contribution is 5.81. The third-order valence-corrected chi connectivity index (χ3v) is 2.52. The van der Waals surface area contributed by atoms with Gasteiger partial charge in [0.15, 0.2) is 0 Å². The van der Waals surface area contributed by atoms with E-state index in [0.717, 1.165) is 25.8 Å². The molecule has 1 heterocycles. The van der Waals surface area contributed by atoms with E-state index in [4.69, 9.17) is 0 Å². The minimum Gasteiger partial charge on any atom is -0.352 e. The molecule has 4 heteroatoms. The van der Waals surface area contributed by atoms with Gasteiger partial charge in [0.1, 0.15) is 6.67 Å². The molecular formula is C10H19FN2O. The van der Waals surface area contributed by atoms with E-state index in [2.05, 4.69) is 10.6 Å². The van der Waals surface area contributed by atoms with Gasteiger partial charge >= 0.3 is 0 Å². The quantitative estimate of drug-likeness (QED) is 0.716. The summed E-state index contributed by atoms with van der Waals surface area (Å²) in [6.07, 6.45) is 5.53. The Morgan fingerprint density at radius 3 is 2.93 bits per heavy atom. The van der Waals surface area contributed by atoms with Crippen molar-refractivity contribution < 1.29 is 9.18 Å². The Bertz CT molecular complexity index is 168. The fraction of sp³-hybridized carbons (Fsp3) is 0.900. The molecule has 2 N–H and O–H groups in total. The van der Waals surface area contributed by atoms with Crippen LogP contribution in [0.25, 0.3) is 0 Å². The van der Waals surface area contributed by atoms with Gasteiger partial charge in [-0.1, -0.05) is 19.3 Å². The van der Waals surface area contributed by atoms with Crippen molar-refractivity contribution in [1.82, 2.24) is 10.6 Å². The van der Waals surface area contributed by atoms with Crippen molar-refractivity contribution in [3.05, 3.63) is 0 Å². The molecule has 1 rings (SSSR count). The predicted molar refractivity (Wildman–Crippen MR) is 53.9 cm³/mol. The number of rotatable bonds is 3. The summed E-state index contributed by atoms with van der Waals surface area (Å²) in [7, 11) is 0. The maximum absolute atomic E-state index is 11.8. The number of hydrogen-bond donors (Lipinski definition) is 2. The topological polar surface area (TPSA) is 41.1 Å². The van der Waals surface area contributed by atoms with Crippen LogP contribution >= 0.6 is 0 Å². The van der Waals surface area contributed by atoms with E-state index in [1.54, 1.807) is 0 Å². The summed E-state index contributed by atoms with van der Waals surface area (Å²) in [5, 5.41) is 5.77. The monoisotopic (exact) mass is 202 g/mol. The molecular weight excluding hydrogens is 183 g/mol. The summed E-state index contributed by atoms with van der Waals surface area (Å²) >= 11 is 0. The molecule has 3 nitrogen and oxygen atoms in total. The number of halogens is 1. The van der Waals surface area contributed by atoms with Crippen LogP contribution in [0.2, 0.25) is 0 Å². The van der Waals surface area contributed by atoms with Gasteiger partial charge in [0, 0.05) is 6.54 Å². The van der Waals surface area contributed by atoms with Crippen LogP contribution in [0.1, 0.15) is 32.1 Å². The van der Waals surface area contributed by atoms with Gasteiger partial charge in [0.05, 0.1) is 6.04 Å². The van der Waals surface area contributed by atoms with E-state index >= 15 is 0 Å². The van der Waals surface area contributed by atoms with Crippen molar-refractivity contribution in [2.24, 2.45) is 0 Å². The highest BCUT2D eigenvalue weighted by Gasteiger charge is 2.17. The Labute approximate surface area is 84.4 Å². The minimum atomic E-state index is -0.488. The van der Waals surface area contributed by atoms with Crippen molar-refractivity contribution in [2.75, 3.05) is 19.8 Å². The fourth-order valence-electron chi connectivity index (χ4n) is 1.72. The number of amides is 1. The van der Waals surface area contributed by atoms with Crippen molar-refractivity contribution in [2.45, 2.75) is 38.1 Å². The number of carbonyl (C=O) groups is 1. The Kier molecular flexibility index (Phi) is 5.52. The lowest BCUT2D eigenvalue weighted by atomic mass is 10.0. The zero-order valence-corrected chi connectivity index (χ0v) is 8.52. The molecule has 1 aliphatic rings. The second-order valence-corrected chi connectivity index (χ2v) is 3.69. The van der Waals surface area contributed by atoms with Crippen LogP contribution in [0.3, 0.4) is 0 Å². The maximum atomic E-state index is 11.8. The summed E-state index contributed by atoms with van der Waals surface area (Å²) in [6.45, 7) is 0.545. The molecule has 1 atom stereocenters.